The van der Waals surface area contributed by atoms with Gasteiger partial charge in [-0.05, 0) is 74.0 Å². The molecule has 0 aliphatic heterocycles. The number of rotatable bonds is 3. The zero-order valence-electron chi connectivity index (χ0n) is 13.2. The Morgan fingerprint density at radius 2 is 1.39 bits per heavy atom. The standard InChI is InChI=1S/C18H34/c1-5-6-15-7-13-18(4,14-8-15)16-9-11-17(2,3)12-10-16/h15-16H,5-14H2,1-4H3. The molecule has 0 radical (unpaired) electrons. The van der Waals surface area contributed by atoms with Gasteiger partial charge in [0, 0.05) is 0 Å². The molecule has 106 valence electrons. The van der Waals surface area contributed by atoms with E-state index in [0.717, 1.165) is 11.8 Å². The molecule has 18 heavy (non-hydrogen) atoms. The molecule has 0 unspecified atom stereocenters. The van der Waals surface area contributed by atoms with E-state index in [-0.39, 0.29) is 0 Å². The Hall–Kier alpha value is 0. The molecule has 0 heteroatoms. The largest absolute Gasteiger partial charge is 0.0654 e. The highest BCUT2D eigenvalue weighted by Crippen LogP contribution is 2.52. The number of hydrogen-bond donors (Lipinski definition) is 0. The van der Waals surface area contributed by atoms with Gasteiger partial charge in [0.05, 0.1) is 0 Å². The third-order valence-corrected chi connectivity index (χ3v) is 6.27. The topological polar surface area (TPSA) is 0 Å². The molecular weight excluding hydrogens is 216 g/mol. The Morgan fingerprint density at radius 1 is 0.833 bits per heavy atom. The number of hydrogen-bond acceptors (Lipinski definition) is 0. The molecule has 0 bridgehead atoms. The molecule has 2 rings (SSSR count). The van der Waals surface area contributed by atoms with E-state index < -0.39 is 0 Å². The van der Waals surface area contributed by atoms with Crippen LogP contribution in [0.3, 0.4) is 0 Å². The molecule has 0 heterocycles. The van der Waals surface area contributed by atoms with Crippen molar-refractivity contribution in [2.24, 2.45) is 22.7 Å². The van der Waals surface area contributed by atoms with Crippen LogP contribution in [0.4, 0.5) is 0 Å². The second-order valence-corrected chi connectivity index (χ2v) is 8.32. The minimum Gasteiger partial charge on any atom is -0.0654 e. The van der Waals surface area contributed by atoms with Crippen LogP contribution in [0.5, 0.6) is 0 Å². The van der Waals surface area contributed by atoms with Crippen LogP contribution in [-0.4, -0.2) is 0 Å². The predicted octanol–water partition coefficient (Wildman–Crippen LogP) is 6.20. The van der Waals surface area contributed by atoms with Gasteiger partial charge in [0.1, 0.15) is 0 Å². The highest BCUT2D eigenvalue weighted by Gasteiger charge is 2.40. The first-order valence-corrected chi connectivity index (χ1v) is 8.45. The highest BCUT2D eigenvalue weighted by molar-refractivity contribution is 4.91. The summed E-state index contributed by atoms with van der Waals surface area (Å²) in [6, 6.07) is 0. The van der Waals surface area contributed by atoms with Gasteiger partial charge in [-0.15, -0.1) is 0 Å². The van der Waals surface area contributed by atoms with E-state index in [0.29, 0.717) is 10.8 Å². The lowest BCUT2D eigenvalue weighted by Crippen LogP contribution is -2.36. The van der Waals surface area contributed by atoms with Gasteiger partial charge in [0.2, 0.25) is 0 Å². The molecule has 0 spiro atoms. The highest BCUT2D eigenvalue weighted by atomic mass is 14.5. The van der Waals surface area contributed by atoms with Crippen molar-refractivity contribution in [1.82, 2.24) is 0 Å². The third-order valence-electron chi connectivity index (χ3n) is 6.27. The van der Waals surface area contributed by atoms with E-state index in [1.807, 2.05) is 0 Å². The maximum Gasteiger partial charge on any atom is -0.0297 e. The van der Waals surface area contributed by atoms with Crippen LogP contribution in [0.25, 0.3) is 0 Å². The summed E-state index contributed by atoms with van der Waals surface area (Å²) in [7, 11) is 0. The fourth-order valence-corrected chi connectivity index (χ4v) is 4.54. The first-order valence-electron chi connectivity index (χ1n) is 8.45. The van der Waals surface area contributed by atoms with Gasteiger partial charge in [0.15, 0.2) is 0 Å². The lowest BCUT2D eigenvalue weighted by Gasteiger charge is -2.47. The van der Waals surface area contributed by atoms with Crippen LogP contribution < -0.4 is 0 Å². The summed E-state index contributed by atoms with van der Waals surface area (Å²) >= 11 is 0. The molecule has 2 fully saturated rings. The summed E-state index contributed by atoms with van der Waals surface area (Å²) in [5, 5.41) is 0. The molecule has 0 amide bonds. The molecule has 0 N–H and O–H groups in total. The van der Waals surface area contributed by atoms with Gasteiger partial charge in [-0.3, -0.25) is 0 Å². The minimum atomic E-state index is 0.631. The zero-order chi connectivity index (χ0) is 13.2. The summed E-state index contributed by atoms with van der Waals surface area (Å²) < 4.78 is 0. The Kier molecular flexibility index (Phi) is 4.44. The Morgan fingerprint density at radius 3 is 1.89 bits per heavy atom. The van der Waals surface area contributed by atoms with Crippen molar-refractivity contribution >= 4 is 0 Å². The van der Waals surface area contributed by atoms with Gasteiger partial charge in [0.25, 0.3) is 0 Å². The van der Waals surface area contributed by atoms with Crippen LogP contribution in [0.1, 0.15) is 91.9 Å². The molecule has 0 atom stereocenters. The molecular formula is C18H34. The summed E-state index contributed by atoms with van der Waals surface area (Å²) in [5.41, 5.74) is 1.33. The average Bonchev–Trinajstić information content (AvgIpc) is 2.32. The molecule has 0 aromatic carbocycles. The summed E-state index contributed by atoms with van der Waals surface area (Å²) in [6.07, 6.45) is 14.9. The third kappa shape index (κ3) is 3.31. The summed E-state index contributed by atoms with van der Waals surface area (Å²) in [5.74, 6) is 2.09. The van der Waals surface area contributed by atoms with Crippen molar-refractivity contribution in [3.8, 4) is 0 Å². The minimum absolute atomic E-state index is 0.631. The second-order valence-electron chi connectivity index (χ2n) is 8.32. The predicted molar refractivity (Wildman–Crippen MR) is 80.7 cm³/mol. The van der Waals surface area contributed by atoms with Crippen LogP contribution in [0, 0.1) is 22.7 Å². The molecule has 0 aromatic rings. The molecule has 0 nitrogen and oxygen atoms in total. The fraction of sp³-hybridized carbons (Fsp3) is 1.00. The second kappa shape index (κ2) is 5.55. The first-order chi connectivity index (χ1) is 8.45. The van der Waals surface area contributed by atoms with E-state index in [1.54, 1.807) is 0 Å². The van der Waals surface area contributed by atoms with Gasteiger partial charge in [-0.2, -0.15) is 0 Å². The summed E-state index contributed by atoms with van der Waals surface area (Å²) in [4.78, 5) is 0. The SMILES string of the molecule is CCCC1CCC(C)(C2CCC(C)(C)CC2)CC1. The molecule has 2 aliphatic rings. The zero-order valence-corrected chi connectivity index (χ0v) is 13.2. The van der Waals surface area contributed by atoms with Crippen molar-refractivity contribution in [1.29, 1.82) is 0 Å². The van der Waals surface area contributed by atoms with Gasteiger partial charge in [-0.1, -0.05) is 40.5 Å². The van der Waals surface area contributed by atoms with E-state index in [4.69, 9.17) is 0 Å². The van der Waals surface area contributed by atoms with Crippen molar-refractivity contribution in [3.63, 3.8) is 0 Å². The molecule has 0 saturated heterocycles. The van der Waals surface area contributed by atoms with Crippen LogP contribution in [-0.2, 0) is 0 Å². The molecule has 2 aliphatic carbocycles. The van der Waals surface area contributed by atoms with Crippen LogP contribution in [0.15, 0.2) is 0 Å². The van der Waals surface area contributed by atoms with Gasteiger partial charge in [-0.25, -0.2) is 0 Å². The van der Waals surface area contributed by atoms with Crippen LogP contribution >= 0.6 is 0 Å². The quantitative estimate of drug-likeness (QED) is 0.559. The molecule has 0 aromatic heterocycles. The van der Waals surface area contributed by atoms with Crippen molar-refractivity contribution in [2.45, 2.75) is 91.9 Å². The van der Waals surface area contributed by atoms with Gasteiger partial charge >= 0.3 is 0 Å². The van der Waals surface area contributed by atoms with Gasteiger partial charge < -0.3 is 0 Å². The Balaban J connectivity index is 1.86. The van der Waals surface area contributed by atoms with E-state index in [1.165, 1.54) is 64.2 Å². The van der Waals surface area contributed by atoms with Crippen molar-refractivity contribution in [2.75, 3.05) is 0 Å². The average molecular weight is 250 g/mol. The smallest absolute Gasteiger partial charge is 0.0297 e. The maximum atomic E-state index is 2.61. The van der Waals surface area contributed by atoms with Crippen LogP contribution in [0.2, 0.25) is 0 Å². The van der Waals surface area contributed by atoms with Crippen molar-refractivity contribution in [3.05, 3.63) is 0 Å². The first kappa shape index (κ1) is 14.4. The van der Waals surface area contributed by atoms with E-state index in [9.17, 15) is 0 Å². The lowest BCUT2D eigenvalue weighted by atomic mass is 9.58. The van der Waals surface area contributed by atoms with E-state index >= 15 is 0 Å². The monoisotopic (exact) mass is 250 g/mol. The summed E-state index contributed by atoms with van der Waals surface area (Å²) in [6.45, 7) is 9.88. The fourth-order valence-electron chi connectivity index (χ4n) is 4.54. The normalized spacial score (nSPS) is 37.7. The Bertz CT molecular complexity index is 245. The maximum absolute atomic E-state index is 2.61. The Labute approximate surface area is 115 Å². The van der Waals surface area contributed by atoms with E-state index in [2.05, 4.69) is 27.7 Å². The lowest BCUT2D eigenvalue weighted by molar-refractivity contribution is 0.0383. The molecule has 2 saturated carbocycles. The van der Waals surface area contributed by atoms with Crippen molar-refractivity contribution < 1.29 is 0 Å².